The highest BCUT2D eigenvalue weighted by molar-refractivity contribution is 6.03. The summed E-state index contributed by atoms with van der Waals surface area (Å²) in [5.41, 5.74) is 1.05. The van der Waals surface area contributed by atoms with E-state index in [1.165, 1.54) is 29.2 Å². The fourth-order valence-electron chi connectivity index (χ4n) is 2.01. The summed E-state index contributed by atoms with van der Waals surface area (Å²) in [4.78, 5) is 30.7. The van der Waals surface area contributed by atoms with Crippen molar-refractivity contribution in [3.63, 3.8) is 0 Å². The van der Waals surface area contributed by atoms with Crippen molar-refractivity contribution in [1.82, 2.24) is 19.7 Å². The van der Waals surface area contributed by atoms with Crippen LogP contribution in [0.1, 0.15) is 16.1 Å². The van der Waals surface area contributed by atoms with Crippen LogP contribution in [0.25, 0.3) is 5.82 Å². The van der Waals surface area contributed by atoms with Crippen molar-refractivity contribution in [3.8, 4) is 5.82 Å². The summed E-state index contributed by atoms with van der Waals surface area (Å²) in [5, 5.41) is 17.5. The van der Waals surface area contributed by atoms with Gasteiger partial charge in [-0.05, 0) is 18.6 Å². The van der Waals surface area contributed by atoms with Crippen LogP contribution in [0.3, 0.4) is 0 Å². The predicted molar refractivity (Wildman–Crippen MR) is 84.9 cm³/mol. The van der Waals surface area contributed by atoms with Gasteiger partial charge in [-0.1, -0.05) is 6.07 Å². The molecule has 0 unspecified atom stereocenters. The van der Waals surface area contributed by atoms with Gasteiger partial charge in [-0.15, -0.1) is 0 Å². The number of aromatic nitrogens is 4. The normalized spacial score (nSPS) is 10.4. The number of rotatable bonds is 4. The summed E-state index contributed by atoms with van der Waals surface area (Å²) in [5.74, 6) is -0.0267. The van der Waals surface area contributed by atoms with Gasteiger partial charge < -0.3 is 5.32 Å². The van der Waals surface area contributed by atoms with E-state index in [1.807, 2.05) is 0 Å². The molecule has 0 aliphatic heterocycles. The van der Waals surface area contributed by atoms with Crippen molar-refractivity contribution in [1.29, 1.82) is 0 Å². The first kappa shape index (κ1) is 15.3. The van der Waals surface area contributed by atoms with E-state index in [1.54, 1.807) is 31.5 Å². The topological polar surface area (TPSA) is 116 Å². The van der Waals surface area contributed by atoms with Gasteiger partial charge in [0.2, 0.25) is 0 Å². The average molecular weight is 324 g/mol. The molecule has 1 aromatic carbocycles. The first-order valence-electron chi connectivity index (χ1n) is 6.93. The molecule has 2 aromatic heterocycles. The molecule has 120 valence electrons. The van der Waals surface area contributed by atoms with Crippen molar-refractivity contribution in [2.24, 2.45) is 0 Å². The van der Waals surface area contributed by atoms with Gasteiger partial charge in [0.05, 0.1) is 23.0 Å². The van der Waals surface area contributed by atoms with Crippen LogP contribution < -0.4 is 5.32 Å². The standard InChI is InChI=1S/C15H12N6O3/c1-10-3-4-11(21(23)24)7-12(10)19-15(22)13-8-17-14(9-16-13)20-6-2-5-18-20/h2-9H,1H3,(H,19,22). The molecule has 0 atom stereocenters. The zero-order valence-corrected chi connectivity index (χ0v) is 12.6. The van der Waals surface area contributed by atoms with E-state index in [9.17, 15) is 14.9 Å². The maximum atomic E-state index is 12.2. The quantitative estimate of drug-likeness (QED) is 0.580. The summed E-state index contributed by atoms with van der Waals surface area (Å²) in [6.45, 7) is 1.74. The number of non-ortho nitro benzene ring substituents is 1. The molecule has 2 heterocycles. The van der Waals surface area contributed by atoms with Crippen LogP contribution in [-0.2, 0) is 0 Å². The molecule has 0 saturated carbocycles. The smallest absolute Gasteiger partial charge is 0.275 e. The Bertz CT molecular complexity index is 890. The first-order valence-corrected chi connectivity index (χ1v) is 6.93. The van der Waals surface area contributed by atoms with E-state index in [0.717, 1.165) is 0 Å². The van der Waals surface area contributed by atoms with Crippen molar-refractivity contribution < 1.29 is 9.72 Å². The molecule has 3 aromatic rings. The number of nitro groups is 1. The van der Waals surface area contributed by atoms with Crippen LogP contribution in [0.5, 0.6) is 0 Å². The molecule has 0 saturated heterocycles. The lowest BCUT2D eigenvalue weighted by molar-refractivity contribution is -0.384. The second-order valence-corrected chi connectivity index (χ2v) is 4.92. The molecule has 1 N–H and O–H groups in total. The van der Waals surface area contributed by atoms with E-state index >= 15 is 0 Å². The highest BCUT2D eigenvalue weighted by Crippen LogP contribution is 2.22. The lowest BCUT2D eigenvalue weighted by atomic mass is 10.2. The lowest BCUT2D eigenvalue weighted by Gasteiger charge is -2.08. The summed E-state index contributed by atoms with van der Waals surface area (Å²) in [6.07, 6.45) is 6.05. The SMILES string of the molecule is Cc1ccc([N+](=O)[O-])cc1NC(=O)c1cnc(-n2cccn2)cn1. The third-order valence-corrected chi connectivity index (χ3v) is 3.29. The molecule has 0 bridgehead atoms. The number of anilines is 1. The Morgan fingerprint density at radius 1 is 1.29 bits per heavy atom. The molecule has 0 spiro atoms. The molecule has 0 aliphatic carbocycles. The molecule has 0 fully saturated rings. The molecule has 1 amide bonds. The molecule has 3 rings (SSSR count). The van der Waals surface area contributed by atoms with Crippen LogP contribution in [0.15, 0.2) is 49.1 Å². The summed E-state index contributed by atoms with van der Waals surface area (Å²) < 4.78 is 1.51. The Balaban J connectivity index is 1.80. The number of hydrogen-bond acceptors (Lipinski definition) is 6. The van der Waals surface area contributed by atoms with E-state index in [0.29, 0.717) is 17.1 Å². The molecule has 0 radical (unpaired) electrons. The Kier molecular flexibility index (Phi) is 3.98. The number of hydrogen-bond donors (Lipinski definition) is 1. The maximum absolute atomic E-state index is 12.2. The van der Waals surface area contributed by atoms with Crippen LogP contribution >= 0.6 is 0 Å². The number of amides is 1. The van der Waals surface area contributed by atoms with Crippen LogP contribution in [0.2, 0.25) is 0 Å². The van der Waals surface area contributed by atoms with Crippen LogP contribution in [-0.4, -0.2) is 30.6 Å². The Hall–Kier alpha value is -3.62. The van der Waals surface area contributed by atoms with Gasteiger partial charge in [0, 0.05) is 24.5 Å². The summed E-state index contributed by atoms with van der Waals surface area (Å²) >= 11 is 0. The molecular formula is C15H12N6O3. The number of aryl methyl sites for hydroxylation is 1. The number of nitrogens with zero attached hydrogens (tertiary/aromatic N) is 5. The van der Waals surface area contributed by atoms with Crippen molar-refractivity contribution in [2.75, 3.05) is 5.32 Å². The van der Waals surface area contributed by atoms with Crippen LogP contribution in [0, 0.1) is 17.0 Å². The second kappa shape index (κ2) is 6.24. The summed E-state index contributed by atoms with van der Waals surface area (Å²) in [7, 11) is 0. The lowest BCUT2D eigenvalue weighted by Crippen LogP contribution is -2.15. The van der Waals surface area contributed by atoms with E-state index in [2.05, 4.69) is 20.4 Å². The zero-order valence-electron chi connectivity index (χ0n) is 12.6. The van der Waals surface area contributed by atoms with Gasteiger partial charge in [0.15, 0.2) is 5.82 Å². The van der Waals surface area contributed by atoms with Crippen molar-refractivity contribution >= 4 is 17.3 Å². The highest BCUT2D eigenvalue weighted by Gasteiger charge is 2.13. The predicted octanol–water partition coefficient (Wildman–Crippen LogP) is 2.13. The molecular weight excluding hydrogens is 312 g/mol. The Labute approximate surface area is 136 Å². The van der Waals surface area contributed by atoms with Crippen molar-refractivity contribution in [2.45, 2.75) is 6.92 Å². The third-order valence-electron chi connectivity index (χ3n) is 3.29. The highest BCUT2D eigenvalue weighted by atomic mass is 16.6. The van der Waals surface area contributed by atoms with E-state index in [-0.39, 0.29) is 11.4 Å². The minimum absolute atomic E-state index is 0.0943. The fourth-order valence-corrected chi connectivity index (χ4v) is 2.01. The van der Waals surface area contributed by atoms with Crippen molar-refractivity contribution in [3.05, 3.63) is 70.4 Å². The molecule has 9 heteroatoms. The number of carbonyl (C=O) groups is 1. The largest absolute Gasteiger partial charge is 0.320 e. The first-order chi connectivity index (χ1) is 11.5. The number of carbonyl (C=O) groups excluding carboxylic acids is 1. The monoisotopic (exact) mass is 324 g/mol. The Morgan fingerprint density at radius 3 is 2.75 bits per heavy atom. The zero-order chi connectivity index (χ0) is 17.1. The molecule has 24 heavy (non-hydrogen) atoms. The fraction of sp³-hybridized carbons (Fsp3) is 0.0667. The van der Waals surface area contributed by atoms with Gasteiger partial charge in [-0.2, -0.15) is 5.10 Å². The second-order valence-electron chi connectivity index (χ2n) is 4.92. The van der Waals surface area contributed by atoms with Gasteiger partial charge in [0.1, 0.15) is 5.69 Å². The molecule has 9 nitrogen and oxygen atoms in total. The Morgan fingerprint density at radius 2 is 2.12 bits per heavy atom. The minimum Gasteiger partial charge on any atom is -0.320 e. The van der Waals surface area contributed by atoms with Gasteiger partial charge in [-0.25, -0.2) is 14.6 Å². The number of nitro benzene ring substituents is 1. The van der Waals surface area contributed by atoms with Gasteiger partial charge in [-0.3, -0.25) is 14.9 Å². The summed E-state index contributed by atoms with van der Waals surface area (Å²) in [6, 6.07) is 6.00. The number of benzene rings is 1. The van der Waals surface area contributed by atoms with E-state index in [4.69, 9.17) is 0 Å². The average Bonchev–Trinajstić information content (AvgIpc) is 3.11. The van der Waals surface area contributed by atoms with Gasteiger partial charge >= 0.3 is 0 Å². The number of nitrogens with one attached hydrogen (secondary N) is 1. The third kappa shape index (κ3) is 3.09. The minimum atomic E-state index is -0.520. The maximum Gasteiger partial charge on any atom is 0.275 e. The van der Waals surface area contributed by atoms with E-state index < -0.39 is 10.8 Å². The molecule has 0 aliphatic rings. The van der Waals surface area contributed by atoms with Crippen LogP contribution in [0.4, 0.5) is 11.4 Å². The van der Waals surface area contributed by atoms with Gasteiger partial charge in [0.25, 0.3) is 11.6 Å².